The third-order valence-corrected chi connectivity index (χ3v) is 4.28. The summed E-state index contributed by atoms with van der Waals surface area (Å²) in [6, 6.07) is 15.7. The van der Waals surface area contributed by atoms with E-state index in [9.17, 15) is 4.79 Å². The number of hydrogen-bond donors (Lipinski definition) is 0. The second-order valence-electron chi connectivity index (χ2n) is 5.56. The Kier molecular flexibility index (Phi) is 6.95. The molecule has 0 heterocycles. The Balaban J connectivity index is 1.84. The van der Waals surface area contributed by atoms with Crippen molar-refractivity contribution in [2.24, 2.45) is 0 Å². The Labute approximate surface area is 152 Å². The van der Waals surface area contributed by atoms with Gasteiger partial charge in [0.05, 0.1) is 7.11 Å². The number of benzene rings is 2. The molecule has 2 aromatic carbocycles. The summed E-state index contributed by atoms with van der Waals surface area (Å²) in [5.41, 5.74) is 0.381. The second-order valence-corrected chi connectivity index (χ2v) is 6.70. The van der Waals surface area contributed by atoms with Crippen LogP contribution in [0.5, 0.6) is 11.5 Å². The highest BCUT2D eigenvalue weighted by Gasteiger charge is 2.10. The van der Waals surface area contributed by atoms with Crippen molar-refractivity contribution in [3.63, 3.8) is 0 Å². The van der Waals surface area contributed by atoms with E-state index in [1.165, 1.54) is 0 Å². The summed E-state index contributed by atoms with van der Waals surface area (Å²) in [6.07, 6.45) is -0.336. The van der Waals surface area contributed by atoms with Gasteiger partial charge in [0.15, 0.2) is 0 Å². The summed E-state index contributed by atoms with van der Waals surface area (Å²) in [7, 11) is 1.65. The number of methoxy groups -OCH3 is 1. The molecule has 4 nitrogen and oxygen atoms in total. The smallest absolute Gasteiger partial charge is 0.333 e. The fourth-order valence-electron chi connectivity index (χ4n) is 1.91. The van der Waals surface area contributed by atoms with Crippen molar-refractivity contribution in [1.29, 1.82) is 0 Å². The predicted molar refractivity (Wildman–Crippen MR) is 99.4 cm³/mol. The highest BCUT2D eigenvalue weighted by atomic mass is 32.2. The van der Waals surface area contributed by atoms with Gasteiger partial charge in [-0.25, -0.2) is 4.79 Å². The van der Waals surface area contributed by atoms with E-state index >= 15 is 0 Å². The van der Waals surface area contributed by atoms with Crippen LogP contribution in [0.25, 0.3) is 0 Å². The van der Waals surface area contributed by atoms with Crippen LogP contribution in [0.1, 0.15) is 13.8 Å². The third-order valence-electron chi connectivity index (χ3n) is 3.26. The number of carbonyl (C=O) groups excluding carboxylic acids is 1. The fourth-order valence-corrected chi connectivity index (χ4v) is 2.73. The van der Waals surface area contributed by atoms with E-state index in [0.29, 0.717) is 12.2 Å². The summed E-state index contributed by atoms with van der Waals surface area (Å²) in [5.74, 6) is 1.18. The molecule has 0 fully saturated rings. The van der Waals surface area contributed by atoms with Gasteiger partial charge in [-0.2, -0.15) is 0 Å². The molecule has 0 aliphatic heterocycles. The number of esters is 1. The van der Waals surface area contributed by atoms with Crippen molar-refractivity contribution < 1.29 is 19.0 Å². The first-order valence-corrected chi connectivity index (χ1v) is 8.71. The van der Waals surface area contributed by atoms with Gasteiger partial charge in [-0.15, -0.1) is 0 Å². The lowest BCUT2D eigenvalue weighted by molar-refractivity contribution is -0.144. The molecule has 0 radical (unpaired) electrons. The topological polar surface area (TPSA) is 44.8 Å². The van der Waals surface area contributed by atoms with Gasteiger partial charge >= 0.3 is 5.97 Å². The molecule has 0 spiro atoms. The molecule has 1 atom stereocenters. The van der Waals surface area contributed by atoms with Crippen molar-refractivity contribution in [3.8, 4) is 11.5 Å². The minimum absolute atomic E-state index is 0.296. The standard InChI is InChI=1S/C20H22O4S/c1-14(2)20(21)24-15(3)13-23-17-7-11-19(12-8-17)25-18-9-5-16(22-4)6-10-18/h5-12,15H,1,13H2,2-4H3. The molecule has 132 valence electrons. The van der Waals surface area contributed by atoms with Crippen molar-refractivity contribution in [1.82, 2.24) is 0 Å². The first-order valence-electron chi connectivity index (χ1n) is 7.89. The highest BCUT2D eigenvalue weighted by Crippen LogP contribution is 2.30. The van der Waals surface area contributed by atoms with Gasteiger partial charge in [-0.05, 0) is 62.4 Å². The summed E-state index contributed by atoms with van der Waals surface area (Å²) < 4.78 is 16.0. The van der Waals surface area contributed by atoms with Crippen LogP contribution in [0, 0.1) is 0 Å². The van der Waals surface area contributed by atoms with Gasteiger partial charge in [0, 0.05) is 15.4 Å². The maximum absolute atomic E-state index is 11.4. The molecular weight excluding hydrogens is 336 g/mol. The molecule has 2 aromatic rings. The molecule has 0 N–H and O–H groups in total. The molecule has 0 saturated heterocycles. The summed E-state index contributed by atoms with van der Waals surface area (Å²) in [4.78, 5) is 13.7. The number of rotatable bonds is 8. The first kappa shape index (κ1) is 18.9. The van der Waals surface area contributed by atoms with Gasteiger partial charge < -0.3 is 14.2 Å². The minimum atomic E-state index is -0.401. The predicted octanol–water partition coefficient (Wildman–Crippen LogP) is 4.73. The number of carbonyl (C=O) groups is 1. The molecule has 5 heteroatoms. The zero-order chi connectivity index (χ0) is 18.2. The van der Waals surface area contributed by atoms with Gasteiger partial charge in [0.1, 0.15) is 24.2 Å². The normalized spacial score (nSPS) is 11.5. The summed E-state index contributed by atoms with van der Waals surface area (Å²) in [6.45, 7) is 7.26. The Hall–Kier alpha value is -2.40. The Morgan fingerprint density at radius 3 is 2.04 bits per heavy atom. The van der Waals surface area contributed by atoms with Gasteiger partial charge in [0.2, 0.25) is 0 Å². The van der Waals surface area contributed by atoms with E-state index in [0.717, 1.165) is 21.3 Å². The first-order chi connectivity index (χ1) is 12.0. The van der Waals surface area contributed by atoms with Crippen LogP contribution in [0.4, 0.5) is 0 Å². The second kappa shape index (κ2) is 9.18. The quantitative estimate of drug-likeness (QED) is 0.504. The molecule has 1 unspecified atom stereocenters. The van der Waals surface area contributed by atoms with Crippen LogP contribution in [0.2, 0.25) is 0 Å². The number of ether oxygens (including phenoxy) is 3. The zero-order valence-electron chi connectivity index (χ0n) is 14.7. The third kappa shape index (κ3) is 6.19. The lowest BCUT2D eigenvalue weighted by Crippen LogP contribution is -2.22. The molecular formula is C20H22O4S. The lowest BCUT2D eigenvalue weighted by Gasteiger charge is -2.14. The van der Waals surface area contributed by atoms with Crippen LogP contribution in [0.3, 0.4) is 0 Å². The molecule has 0 amide bonds. The van der Waals surface area contributed by atoms with Crippen LogP contribution in [-0.4, -0.2) is 25.8 Å². The Bertz CT molecular complexity index is 707. The van der Waals surface area contributed by atoms with Gasteiger partial charge in [-0.3, -0.25) is 0 Å². The molecule has 0 saturated carbocycles. The van der Waals surface area contributed by atoms with Crippen molar-refractivity contribution >= 4 is 17.7 Å². The average Bonchev–Trinajstić information content (AvgIpc) is 2.61. The summed E-state index contributed by atoms with van der Waals surface area (Å²) in [5, 5.41) is 0. The maximum Gasteiger partial charge on any atom is 0.333 e. The minimum Gasteiger partial charge on any atom is -0.497 e. The average molecular weight is 358 g/mol. The molecule has 0 aliphatic carbocycles. The molecule has 0 aliphatic rings. The van der Waals surface area contributed by atoms with E-state index in [1.807, 2.05) is 48.5 Å². The largest absolute Gasteiger partial charge is 0.497 e. The summed E-state index contributed by atoms with van der Waals surface area (Å²) >= 11 is 1.66. The van der Waals surface area contributed by atoms with E-state index in [2.05, 4.69) is 6.58 Å². The highest BCUT2D eigenvalue weighted by molar-refractivity contribution is 7.99. The zero-order valence-corrected chi connectivity index (χ0v) is 15.5. The van der Waals surface area contributed by atoms with Crippen LogP contribution in [-0.2, 0) is 9.53 Å². The molecule has 25 heavy (non-hydrogen) atoms. The Morgan fingerprint density at radius 2 is 1.56 bits per heavy atom. The molecule has 0 bridgehead atoms. The Morgan fingerprint density at radius 1 is 1.04 bits per heavy atom. The van der Waals surface area contributed by atoms with Gasteiger partial charge in [0.25, 0.3) is 0 Å². The van der Waals surface area contributed by atoms with Crippen LogP contribution >= 0.6 is 11.8 Å². The van der Waals surface area contributed by atoms with Crippen LogP contribution < -0.4 is 9.47 Å². The maximum atomic E-state index is 11.4. The molecule has 0 aromatic heterocycles. The fraction of sp³-hybridized carbons (Fsp3) is 0.250. The SMILES string of the molecule is C=C(C)C(=O)OC(C)COc1ccc(Sc2ccc(OC)cc2)cc1. The van der Waals surface area contributed by atoms with Crippen LogP contribution in [0.15, 0.2) is 70.5 Å². The van der Waals surface area contributed by atoms with Crippen molar-refractivity contribution in [3.05, 3.63) is 60.7 Å². The van der Waals surface area contributed by atoms with Crippen molar-refractivity contribution in [2.45, 2.75) is 29.7 Å². The van der Waals surface area contributed by atoms with E-state index < -0.39 is 5.97 Å². The van der Waals surface area contributed by atoms with E-state index in [1.54, 1.807) is 32.7 Å². The molecule has 2 rings (SSSR count). The number of hydrogen-bond acceptors (Lipinski definition) is 5. The lowest BCUT2D eigenvalue weighted by atomic mass is 10.3. The monoisotopic (exact) mass is 358 g/mol. The van der Waals surface area contributed by atoms with Crippen molar-refractivity contribution in [2.75, 3.05) is 13.7 Å². The van der Waals surface area contributed by atoms with E-state index in [-0.39, 0.29) is 6.10 Å². The van der Waals surface area contributed by atoms with Gasteiger partial charge in [-0.1, -0.05) is 18.3 Å². The van der Waals surface area contributed by atoms with E-state index in [4.69, 9.17) is 14.2 Å².